The zero-order chi connectivity index (χ0) is 19.8. The molecule has 0 aliphatic heterocycles. The molecule has 1 unspecified atom stereocenters. The summed E-state index contributed by atoms with van der Waals surface area (Å²) in [7, 11) is 0. The van der Waals surface area contributed by atoms with E-state index in [1.54, 1.807) is 11.0 Å². The van der Waals surface area contributed by atoms with Gasteiger partial charge in [-0.2, -0.15) is 0 Å². The number of amides is 2. The van der Waals surface area contributed by atoms with Crippen molar-refractivity contribution in [2.45, 2.75) is 46.2 Å². The third-order valence-corrected chi connectivity index (χ3v) is 4.84. The highest BCUT2D eigenvalue weighted by Gasteiger charge is 2.28. The van der Waals surface area contributed by atoms with Crippen LogP contribution in [0.5, 0.6) is 0 Å². The molecule has 4 nitrogen and oxygen atoms in total. The predicted molar refractivity (Wildman–Crippen MR) is 110 cm³/mol. The van der Waals surface area contributed by atoms with Crippen LogP contribution in [0.3, 0.4) is 0 Å². The molecular weight excluding hydrogens is 360 g/mol. The number of aryl methyl sites for hydroxylation is 1. The number of rotatable bonds is 8. The van der Waals surface area contributed by atoms with Gasteiger partial charge in [0.1, 0.15) is 6.04 Å². The van der Waals surface area contributed by atoms with Crippen LogP contribution >= 0.6 is 11.6 Å². The van der Waals surface area contributed by atoms with Crippen LogP contribution in [0.15, 0.2) is 48.5 Å². The molecule has 5 heteroatoms. The summed E-state index contributed by atoms with van der Waals surface area (Å²) < 4.78 is 0. The van der Waals surface area contributed by atoms with Crippen molar-refractivity contribution in [2.24, 2.45) is 0 Å². The maximum Gasteiger partial charge on any atom is 0.242 e. The quantitative estimate of drug-likeness (QED) is 0.741. The summed E-state index contributed by atoms with van der Waals surface area (Å²) in [6, 6.07) is 14.8. The van der Waals surface area contributed by atoms with Gasteiger partial charge >= 0.3 is 0 Å². The molecule has 0 fully saturated rings. The van der Waals surface area contributed by atoms with Crippen LogP contribution in [-0.2, 0) is 22.6 Å². The van der Waals surface area contributed by atoms with Crippen LogP contribution in [0.2, 0.25) is 5.02 Å². The molecule has 0 saturated heterocycles. The van der Waals surface area contributed by atoms with Crippen LogP contribution < -0.4 is 5.32 Å². The lowest BCUT2D eigenvalue weighted by Crippen LogP contribution is -2.49. The molecule has 0 radical (unpaired) electrons. The van der Waals surface area contributed by atoms with Gasteiger partial charge in [0.05, 0.1) is 6.42 Å². The molecule has 0 aliphatic carbocycles. The lowest BCUT2D eigenvalue weighted by Gasteiger charge is -2.31. The summed E-state index contributed by atoms with van der Waals surface area (Å²) in [5.74, 6) is -0.233. The Morgan fingerprint density at radius 1 is 1.11 bits per heavy atom. The average molecular weight is 387 g/mol. The number of carbonyl (C=O) groups excluding carboxylic acids is 2. The van der Waals surface area contributed by atoms with Gasteiger partial charge in [-0.1, -0.05) is 66.6 Å². The normalized spacial score (nSPS) is 11.7. The first kappa shape index (κ1) is 21.0. The minimum absolute atomic E-state index is 0.109. The van der Waals surface area contributed by atoms with Crippen molar-refractivity contribution in [3.8, 4) is 0 Å². The lowest BCUT2D eigenvalue weighted by molar-refractivity contribution is -0.140. The topological polar surface area (TPSA) is 49.4 Å². The van der Waals surface area contributed by atoms with Gasteiger partial charge in [0.15, 0.2) is 0 Å². The Morgan fingerprint density at radius 3 is 2.48 bits per heavy atom. The first-order valence-electron chi connectivity index (χ1n) is 9.32. The van der Waals surface area contributed by atoms with Gasteiger partial charge in [-0.15, -0.1) is 0 Å². The van der Waals surface area contributed by atoms with E-state index in [9.17, 15) is 9.59 Å². The van der Waals surface area contributed by atoms with Gasteiger partial charge in [0.2, 0.25) is 11.8 Å². The number of nitrogens with zero attached hydrogens (tertiary/aromatic N) is 1. The van der Waals surface area contributed by atoms with E-state index in [4.69, 9.17) is 11.6 Å². The van der Waals surface area contributed by atoms with Crippen LogP contribution in [-0.4, -0.2) is 29.3 Å². The summed E-state index contributed by atoms with van der Waals surface area (Å²) >= 11 is 6.23. The fourth-order valence-corrected chi connectivity index (χ4v) is 3.33. The largest absolute Gasteiger partial charge is 0.355 e. The highest BCUT2D eigenvalue weighted by molar-refractivity contribution is 6.31. The Balaban J connectivity index is 2.30. The molecule has 1 N–H and O–H groups in total. The number of nitrogens with one attached hydrogen (secondary N) is 1. The summed E-state index contributed by atoms with van der Waals surface area (Å²) in [5.41, 5.74) is 2.89. The monoisotopic (exact) mass is 386 g/mol. The van der Waals surface area contributed by atoms with E-state index in [0.29, 0.717) is 24.5 Å². The molecule has 0 aromatic heterocycles. The lowest BCUT2D eigenvalue weighted by atomic mass is 10.1. The molecule has 1 atom stereocenters. The second-order valence-corrected chi connectivity index (χ2v) is 7.00. The van der Waals surface area contributed by atoms with Crippen LogP contribution in [0.1, 0.15) is 37.0 Å². The van der Waals surface area contributed by atoms with Gasteiger partial charge in [-0.25, -0.2) is 0 Å². The molecule has 2 aromatic rings. The van der Waals surface area contributed by atoms with E-state index in [0.717, 1.165) is 16.7 Å². The SMILES string of the molecule is CCNC(=O)C(CC)N(Cc1cccc(C)c1)C(=O)Cc1ccccc1Cl. The van der Waals surface area contributed by atoms with Gasteiger partial charge in [-0.3, -0.25) is 9.59 Å². The smallest absolute Gasteiger partial charge is 0.242 e. The molecule has 2 rings (SSSR count). The van der Waals surface area contributed by atoms with Crippen molar-refractivity contribution in [2.75, 3.05) is 6.54 Å². The average Bonchev–Trinajstić information content (AvgIpc) is 2.63. The van der Waals surface area contributed by atoms with E-state index >= 15 is 0 Å². The molecule has 144 valence electrons. The van der Waals surface area contributed by atoms with Gasteiger partial charge in [0, 0.05) is 18.1 Å². The Bertz CT molecular complexity index is 791. The van der Waals surface area contributed by atoms with E-state index in [2.05, 4.69) is 5.32 Å². The van der Waals surface area contributed by atoms with Crippen molar-refractivity contribution in [1.82, 2.24) is 10.2 Å². The maximum absolute atomic E-state index is 13.2. The molecule has 0 bridgehead atoms. The Hall–Kier alpha value is -2.33. The van der Waals surface area contributed by atoms with Gasteiger partial charge in [-0.05, 0) is 37.5 Å². The van der Waals surface area contributed by atoms with Crippen LogP contribution in [0, 0.1) is 6.92 Å². The summed E-state index contributed by atoms with van der Waals surface area (Å²) in [6.45, 7) is 6.74. The van der Waals surface area contributed by atoms with Gasteiger partial charge < -0.3 is 10.2 Å². The second kappa shape index (κ2) is 10.1. The fraction of sp³-hybridized carbons (Fsp3) is 0.364. The minimum atomic E-state index is -0.513. The van der Waals surface area contributed by atoms with Crippen molar-refractivity contribution in [3.05, 3.63) is 70.2 Å². The molecule has 0 heterocycles. The summed E-state index contributed by atoms with van der Waals surface area (Å²) in [5, 5.41) is 3.41. The molecule has 2 amide bonds. The molecule has 2 aromatic carbocycles. The second-order valence-electron chi connectivity index (χ2n) is 6.60. The molecule has 0 aliphatic rings. The third-order valence-electron chi connectivity index (χ3n) is 4.47. The Morgan fingerprint density at radius 2 is 1.85 bits per heavy atom. The van der Waals surface area contributed by atoms with Crippen molar-refractivity contribution in [3.63, 3.8) is 0 Å². The highest BCUT2D eigenvalue weighted by atomic mass is 35.5. The maximum atomic E-state index is 13.2. The fourth-order valence-electron chi connectivity index (χ4n) is 3.12. The third kappa shape index (κ3) is 5.83. The van der Waals surface area contributed by atoms with E-state index in [1.165, 1.54) is 0 Å². The molecule has 0 saturated carbocycles. The van der Waals surface area contributed by atoms with Crippen molar-refractivity contribution < 1.29 is 9.59 Å². The van der Waals surface area contributed by atoms with E-state index in [1.807, 2.05) is 63.2 Å². The van der Waals surface area contributed by atoms with Gasteiger partial charge in [0.25, 0.3) is 0 Å². The van der Waals surface area contributed by atoms with Crippen molar-refractivity contribution in [1.29, 1.82) is 0 Å². The number of hydrogen-bond donors (Lipinski definition) is 1. The predicted octanol–water partition coefficient (Wildman–Crippen LogP) is 4.13. The zero-order valence-electron chi connectivity index (χ0n) is 16.2. The standard InChI is InChI=1S/C22H27ClN2O2/c1-4-20(22(27)24-5-2)25(15-17-10-8-9-16(3)13-17)21(26)14-18-11-6-7-12-19(18)23/h6-13,20H,4-5,14-15H2,1-3H3,(H,24,27). The number of benzene rings is 2. The summed E-state index contributed by atoms with van der Waals surface area (Å²) in [4.78, 5) is 27.4. The number of hydrogen-bond acceptors (Lipinski definition) is 2. The van der Waals surface area contributed by atoms with Crippen LogP contribution in [0.4, 0.5) is 0 Å². The van der Waals surface area contributed by atoms with E-state index in [-0.39, 0.29) is 18.2 Å². The highest BCUT2D eigenvalue weighted by Crippen LogP contribution is 2.19. The molecule has 27 heavy (non-hydrogen) atoms. The van der Waals surface area contributed by atoms with Crippen molar-refractivity contribution >= 4 is 23.4 Å². The first-order chi connectivity index (χ1) is 13.0. The summed E-state index contributed by atoms with van der Waals surface area (Å²) in [6.07, 6.45) is 0.716. The number of halogens is 1. The minimum Gasteiger partial charge on any atom is -0.355 e. The molecule has 0 spiro atoms. The number of likely N-dealkylation sites (N-methyl/N-ethyl adjacent to an activating group) is 1. The first-order valence-corrected chi connectivity index (χ1v) is 9.70. The molecular formula is C22H27ClN2O2. The zero-order valence-corrected chi connectivity index (χ0v) is 16.9. The van der Waals surface area contributed by atoms with Crippen LogP contribution in [0.25, 0.3) is 0 Å². The van der Waals surface area contributed by atoms with E-state index < -0.39 is 6.04 Å². The Kier molecular flexibility index (Phi) is 7.86. The number of carbonyl (C=O) groups is 2. The Labute approximate surface area is 166 Å².